The van der Waals surface area contributed by atoms with Crippen LogP contribution >= 0.6 is 15.9 Å². The van der Waals surface area contributed by atoms with E-state index in [0.29, 0.717) is 5.56 Å². The van der Waals surface area contributed by atoms with E-state index in [0.717, 1.165) is 15.7 Å². The van der Waals surface area contributed by atoms with Crippen molar-refractivity contribution in [1.82, 2.24) is 0 Å². The highest BCUT2D eigenvalue weighted by atomic mass is 79.9. The smallest absolute Gasteiger partial charge is 0.248 e. The lowest BCUT2D eigenvalue weighted by Crippen LogP contribution is -2.08. The van der Waals surface area contributed by atoms with Crippen molar-refractivity contribution in [2.75, 3.05) is 5.32 Å². The van der Waals surface area contributed by atoms with Crippen LogP contribution in [0.15, 0.2) is 53.0 Å². The van der Waals surface area contributed by atoms with E-state index in [9.17, 15) is 9.18 Å². The molecule has 0 aliphatic carbocycles. The van der Waals surface area contributed by atoms with E-state index in [2.05, 4.69) is 21.2 Å². The third kappa shape index (κ3) is 3.78. The normalized spacial score (nSPS) is 10.8. The number of amides is 1. The van der Waals surface area contributed by atoms with Gasteiger partial charge in [-0.1, -0.05) is 34.1 Å². The molecule has 0 saturated heterocycles. The maximum atomic E-state index is 13.4. The number of anilines is 1. The van der Waals surface area contributed by atoms with Crippen molar-refractivity contribution in [2.24, 2.45) is 0 Å². The molecule has 0 aromatic heterocycles. The molecule has 2 aromatic carbocycles. The quantitative estimate of drug-likeness (QED) is 0.820. The van der Waals surface area contributed by atoms with Gasteiger partial charge in [0, 0.05) is 21.8 Å². The Kier molecular flexibility index (Phi) is 4.69. The van der Waals surface area contributed by atoms with Gasteiger partial charge in [-0.25, -0.2) is 4.39 Å². The van der Waals surface area contributed by atoms with Crippen LogP contribution in [0.1, 0.15) is 11.1 Å². The summed E-state index contributed by atoms with van der Waals surface area (Å²) in [6, 6.07) is 11.9. The van der Waals surface area contributed by atoms with Gasteiger partial charge in [0.05, 0.1) is 0 Å². The Labute approximate surface area is 125 Å². The van der Waals surface area contributed by atoms with Crippen LogP contribution in [0.3, 0.4) is 0 Å². The first-order valence-electron chi connectivity index (χ1n) is 6.06. The number of aryl methyl sites for hydroxylation is 1. The molecule has 0 unspecified atom stereocenters. The molecule has 1 N–H and O–H groups in total. The van der Waals surface area contributed by atoms with Crippen LogP contribution in [0.25, 0.3) is 6.08 Å². The van der Waals surface area contributed by atoms with E-state index in [-0.39, 0.29) is 11.7 Å². The molecule has 0 aliphatic heterocycles. The number of halogens is 2. The van der Waals surface area contributed by atoms with Crippen LogP contribution in [-0.4, -0.2) is 5.91 Å². The Hall–Kier alpha value is -1.94. The molecule has 0 fully saturated rings. The first kappa shape index (κ1) is 14.5. The first-order valence-corrected chi connectivity index (χ1v) is 6.85. The van der Waals surface area contributed by atoms with Crippen LogP contribution in [-0.2, 0) is 4.79 Å². The predicted molar refractivity (Wildman–Crippen MR) is 82.9 cm³/mol. The molecule has 0 radical (unpaired) electrons. The first-order chi connectivity index (χ1) is 9.56. The average molecular weight is 334 g/mol. The summed E-state index contributed by atoms with van der Waals surface area (Å²) in [6.07, 6.45) is 2.78. The van der Waals surface area contributed by atoms with E-state index in [1.165, 1.54) is 18.2 Å². The standard InChI is InChI=1S/C16H13BrFNO/c1-11-10-13(17)7-8-15(11)19-16(20)9-6-12-4-2-3-5-14(12)18/h2-10H,1H3,(H,19,20)/b9-6+. The van der Waals surface area contributed by atoms with E-state index in [1.807, 2.05) is 25.1 Å². The van der Waals surface area contributed by atoms with Gasteiger partial charge in [-0.2, -0.15) is 0 Å². The molecule has 0 atom stereocenters. The van der Waals surface area contributed by atoms with Gasteiger partial charge in [0.2, 0.25) is 5.91 Å². The summed E-state index contributed by atoms with van der Waals surface area (Å²) in [5.74, 6) is -0.643. The fraction of sp³-hybridized carbons (Fsp3) is 0.0625. The maximum absolute atomic E-state index is 13.4. The van der Waals surface area contributed by atoms with Crippen molar-refractivity contribution in [1.29, 1.82) is 0 Å². The highest BCUT2D eigenvalue weighted by Crippen LogP contribution is 2.20. The molecule has 2 nitrogen and oxygen atoms in total. The molecule has 20 heavy (non-hydrogen) atoms. The van der Waals surface area contributed by atoms with Crippen LogP contribution in [0.5, 0.6) is 0 Å². The number of benzene rings is 2. The summed E-state index contributed by atoms with van der Waals surface area (Å²) < 4.78 is 14.3. The van der Waals surface area contributed by atoms with Gasteiger partial charge in [-0.15, -0.1) is 0 Å². The number of hydrogen-bond acceptors (Lipinski definition) is 1. The lowest BCUT2D eigenvalue weighted by atomic mass is 10.2. The minimum Gasteiger partial charge on any atom is -0.322 e. The Morgan fingerprint density at radius 3 is 2.70 bits per heavy atom. The summed E-state index contributed by atoms with van der Waals surface area (Å²) in [7, 11) is 0. The van der Waals surface area contributed by atoms with Gasteiger partial charge >= 0.3 is 0 Å². The molecule has 2 rings (SSSR count). The summed E-state index contributed by atoms with van der Waals surface area (Å²) in [4.78, 5) is 11.8. The molecule has 0 saturated carbocycles. The predicted octanol–water partition coefficient (Wildman–Crippen LogP) is 4.55. The average Bonchev–Trinajstić information content (AvgIpc) is 2.41. The van der Waals surface area contributed by atoms with Gasteiger partial charge in [-0.3, -0.25) is 4.79 Å². The zero-order chi connectivity index (χ0) is 14.5. The second kappa shape index (κ2) is 6.48. The number of nitrogens with one attached hydrogen (secondary N) is 1. The van der Waals surface area contributed by atoms with Gasteiger partial charge in [-0.05, 0) is 42.8 Å². The fourth-order valence-corrected chi connectivity index (χ4v) is 2.19. The van der Waals surface area contributed by atoms with Crippen molar-refractivity contribution in [2.45, 2.75) is 6.92 Å². The molecule has 0 heterocycles. The third-order valence-corrected chi connectivity index (χ3v) is 3.26. The van der Waals surface area contributed by atoms with Gasteiger partial charge in [0.15, 0.2) is 0 Å². The molecule has 0 bridgehead atoms. The zero-order valence-corrected chi connectivity index (χ0v) is 12.4. The molecular weight excluding hydrogens is 321 g/mol. The molecule has 2 aromatic rings. The van der Waals surface area contributed by atoms with Crippen LogP contribution in [0.2, 0.25) is 0 Å². The van der Waals surface area contributed by atoms with Gasteiger partial charge in [0.1, 0.15) is 5.82 Å². The van der Waals surface area contributed by atoms with Crippen molar-refractivity contribution < 1.29 is 9.18 Å². The molecule has 0 aliphatic rings. The molecule has 4 heteroatoms. The number of carbonyl (C=O) groups is 1. The summed E-state index contributed by atoms with van der Waals surface area (Å²) in [5.41, 5.74) is 2.07. The second-order valence-electron chi connectivity index (χ2n) is 4.30. The Balaban J connectivity index is 2.08. The topological polar surface area (TPSA) is 29.1 Å². The van der Waals surface area contributed by atoms with Gasteiger partial charge in [0.25, 0.3) is 0 Å². The lowest BCUT2D eigenvalue weighted by Gasteiger charge is -2.06. The van der Waals surface area contributed by atoms with E-state index in [4.69, 9.17) is 0 Å². The Morgan fingerprint density at radius 2 is 2.00 bits per heavy atom. The molecule has 0 spiro atoms. The van der Waals surface area contributed by atoms with Crippen molar-refractivity contribution in [3.8, 4) is 0 Å². The summed E-state index contributed by atoms with van der Waals surface area (Å²) in [5, 5.41) is 2.76. The minimum absolute atomic E-state index is 0.293. The third-order valence-electron chi connectivity index (χ3n) is 2.77. The number of rotatable bonds is 3. The SMILES string of the molecule is Cc1cc(Br)ccc1NC(=O)/C=C/c1ccccc1F. The molecule has 1 amide bonds. The summed E-state index contributed by atoms with van der Waals surface area (Å²) >= 11 is 3.36. The molecular formula is C16H13BrFNO. The van der Waals surface area contributed by atoms with Crippen LogP contribution in [0, 0.1) is 12.7 Å². The minimum atomic E-state index is -0.351. The Morgan fingerprint density at radius 1 is 1.25 bits per heavy atom. The number of hydrogen-bond donors (Lipinski definition) is 1. The highest BCUT2D eigenvalue weighted by molar-refractivity contribution is 9.10. The van der Waals surface area contributed by atoms with Crippen molar-refractivity contribution in [3.05, 3.63) is 70.0 Å². The van der Waals surface area contributed by atoms with E-state index < -0.39 is 0 Å². The van der Waals surface area contributed by atoms with Crippen molar-refractivity contribution in [3.63, 3.8) is 0 Å². The second-order valence-corrected chi connectivity index (χ2v) is 5.22. The van der Waals surface area contributed by atoms with Crippen LogP contribution < -0.4 is 5.32 Å². The maximum Gasteiger partial charge on any atom is 0.248 e. The Bertz CT molecular complexity index is 667. The highest BCUT2D eigenvalue weighted by Gasteiger charge is 2.02. The van der Waals surface area contributed by atoms with Crippen LogP contribution in [0.4, 0.5) is 10.1 Å². The van der Waals surface area contributed by atoms with Gasteiger partial charge < -0.3 is 5.32 Å². The largest absolute Gasteiger partial charge is 0.322 e. The number of carbonyl (C=O) groups excluding carboxylic acids is 1. The fourth-order valence-electron chi connectivity index (χ4n) is 1.72. The van der Waals surface area contributed by atoms with E-state index in [1.54, 1.807) is 18.2 Å². The monoisotopic (exact) mass is 333 g/mol. The zero-order valence-electron chi connectivity index (χ0n) is 10.9. The van der Waals surface area contributed by atoms with Crippen molar-refractivity contribution >= 4 is 33.6 Å². The summed E-state index contributed by atoms with van der Waals surface area (Å²) in [6.45, 7) is 1.90. The lowest BCUT2D eigenvalue weighted by molar-refractivity contribution is -0.111. The molecule has 102 valence electrons. The van der Waals surface area contributed by atoms with E-state index >= 15 is 0 Å².